The van der Waals surface area contributed by atoms with Crippen molar-refractivity contribution in [3.05, 3.63) is 47.5 Å². The van der Waals surface area contributed by atoms with Crippen LogP contribution in [0, 0.1) is 34.5 Å². The molecule has 0 saturated carbocycles. The Morgan fingerprint density at radius 1 is 0.864 bits per heavy atom. The summed E-state index contributed by atoms with van der Waals surface area (Å²) in [6, 6.07) is 10.5. The van der Waals surface area contributed by atoms with Crippen LogP contribution < -0.4 is 0 Å². The molecule has 0 aliphatic rings. The second-order valence-corrected chi connectivity index (χ2v) is 7.64. The molecule has 0 heterocycles. The Morgan fingerprint density at radius 3 is 1.82 bits per heavy atom. The van der Waals surface area contributed by atoms with Crippen molar-refractivity contribution in [3.8, 4) is 23.7 Å². The van der Waals surface area contributed by atoms with Crippen LogP contribution in [0.5, 0.6) is 0 Å². The van der Waals surface area contributed by atoms with Gasteiger partial charge in [0.1, 0.15) is 0 Å². The van der Waals surface area contributed by atoms with Gasteiger partial charge in [-0.2, -0.15) is 0 Å². The van der Waals surface area contributed by atoms with Crippen LogP contribution in [-0.2, 0) is 6.42 Å². The minimum absolute atomic E-state index is 0.00192. The Morgan fingerprint density at radius 2 is 1.36 bits per heavy atom. The zero-order valence-corrected chi connectivity index (χ0v) is 14.9. The second kappa shape index (κ2) is 7.91. The zero-order chi connectivity index (χ0) is 16.6. The summed E-state index contributed by atoms with van der Waals surface area (Å²) in [6.45, 7) is 12.7. The van der Waals surface area contributed by atoms with Crippen LogP contribution in [0.25, 0.3) is 0 Å². The SMILES string of the molecule is CC(C)(C)C#CC(C#CC(C)(C)C)=CCCc1ccccc1. The summed E-state index contributed by atoms with van der Waals surface area (Å²) in [5.41, 5.74) is 2.30. The molecule has 0 heteroatoms. The molecule has 22 heavy (non-hydrogen) atoms. The van der Waals surface area contributed by atoms with E-state index in [1.165, 1.54) is 5.56 Å². The summed E-state index contributed by atoms with van der Waals surface area (Å²) in [5.74, 6) is 13.1. The molecule has 0 amide bonds. The van der Waals surface area contributed by atoms with E-state index in [9.17, 15) is 0 Å². The number of hydrogen-bond donors (Lipinski definition) is 0. The van der Waals surface area contributed by atoms with Gasteiger partial charge in [-0.3, -0.25) is 0 Å². The minimum Gasteiger partial charge on any atom is -0.0913 e. The van der Waals surface area contributed by atoms with E-state index in [1.807, 2.05) is 6.07 Å². The number of aryl methyl sites for hydroxylation is 1. The molecule has 1 aromatic rings. The predicted octanol–water partition coefficient (Wildman–Crippen LogP) is 5.64. The molecule has 0 atom stereocenters. The summed E-state index contributed by atoms with van der Waals surface area (Å²) in [4.78, 5) is 0. The number of benzene rings is 1. The Balaban J connectivity index is 2.86. The molecule has 0 nitrogen and oxygen atoms in total. The number of allylic oxidation sites excluding steroid dienone is 2. The fraction of sp³-hybridized carbons (Fsp3) is 0.455. The molecule has 0 unspecified atom stereocenters. The summed E-state index contributed by atoms with van der Waals surface area (Å²) in [5, 5.41) is 0. The topological polar surface area (TPSA) is 0 Å². The lowest BCUT2D eigenvalue weighted by Gasteiger charge is -2.08. The molecular weight excluding hydrogens is 264 g/mol. The summed E-state index contributed by atoms with van der Waals surface area (Å²) < 4.78 is 0. The highest BCUT2D eigenvalue weighted by Gasteiger charge is 2.05. The first-order valence-corrected chi connectivity index (χ1v) is 7.96. The van der Waals surface area contributed by atoms with E-state index < -0.39 is 0 Å². The molecule has 0 fully saturated rings. The van der Waals surface area contributed by atoms with E-state index in [-0.39, 0.29) is 10.8 Å². The third kappa shape index (κ3) is 9.10. The third-order valence-electron chi connectivity index (χ3n) is 2.77. The van der Waals surface area contributed by atoms with Crippen molar-refractivity contribution in [3.63, 3.8) is 0 Å². The molecule has 0 aliphatic carbocycles. The van der Waals surface area contributed by atoms with Gasteiger partial charge in [-0.1, -0.05) is 60.1 Å². The van der Waals surface area contributed by atoms with Crippen molar-refractivity contribution in [2.24, 2.45) is 10.8 Å². The number of rotatable bonds is 3. The predicted molar refractivity (Wildman–Crippen MR) is 97.3 cm³/mol. The molecule has 1 rings (SSSR count). The van der Waals surface area contributed by atoms with E-state index in [2.05, 4.69) is 95.6 Å². The first kappa shape index (κ1) is 18.1. The van der Waals surface area contributed by atoms with Gasteiger partial charge < -0.3 is 0 Å². The maximum absolute atomic E-state index is 3.29. The van der Waals surface area contributed by atoms with Crippen molar-refractivity contribution in [1.82, 2.24) is 0 Å². The second-order valence-electron chi connectivity index (χ2n) is 7.64. The normalized spacial score (nSPS) is 10.8. The maximum Gasteiger partial charge on any atom is 0.0704 e. The molecule has 116 valence electrons. The summed E-state index contributed by atoms with van der Waals surface area (Å²) in [6.07, 6.45) is 4.17. The summed E-state index contributed by atoms with van der Waals surface area (Å²) >= 11 is 0. The summed E-state index contributed by atoms with van der Waals surface area (Å²) in [7, 11) is 0. The average Bonchev–Trinajstić information content (AvgIpc) is 2.40. The van der Waals surface area contributed by atoms with Gasteiger partial charge >= 0.3 is 0 Å². The fourth-order valence-electron chi connectivity index (χ4n) is 1.67. The van der Waals surface area contributed by atoms with Crippen LogP contribution in [-0.4, -0.2) is 0 Å². The van der Waals surface area contributed by atoms with Gasteiger partial charge in [0, 0.05) is 10.8 Å². The van der Waals surface area contributed by atoms with E-state index in [0.29, 0.717) is 0 Å². The van der Waals surface area contributed by atoms with Crippen LogP contribution in [0.15, 0.2) is 42.0 Å². The quantitative estimate of drug-likeness (QED) is 0.632. The van der Waals surface area contributed by atoms with Crippen LogP contribution in [0.3, 0.4) is 0 Å². The van der Waals surface area contributed by atoms with Crippen LogP contribution in [0.1, 0.15) is 53.5 Å². The van der Waals surface area contributed by atoms with E-state index in [1.54, 1.807) is 0 Å². The van der Waals surface area contributed by atoms with Gasteiger partial charge in [0.15, 0.2) is 0 Å². The average molecular weight is 292 g/mol. The van der Waals surface area contributed by atoms with E-state index in [4.69, 9.17) is 0 Å². The first-order valence-electron chi connectivity index (χ1n) is 7.96. The molecule has 0 aromatic heterocycles. The van der Waals surface area contributed by atoms with Gasteiger partial charge in [-0.15, -0.1) is 0 Å². The molecule has 0 aliphatic heterocycles. The lowest BCUT2D eigenvalue weighted by atomic mass is 9.95. The monoisotopic (exact) mass is 292 g/mol. The molecule has 0 saturated heterocycles. The molecule has 0 radical (unpaired) electrons. The van der Waals surface area contributed by atoms with E-state index in [0.717, 1.165) is 18.4 Å². The minimum atomic E-state index is 0.00192. The molecule has 0 bridgehead atoms. The first-order chi connectivity index (χ1) is 10.2. The van der Waals surface area contributed by atoms with Gasteiger partial charge in [0.25, 0.3) is 0 Å². The largest absolute Gasteiger partial charge is 0.0913 e. The third-order valence-corrected chi connectivity index (χ3v) is 2.77. The molecular formula is C22H28. The molecule has 0 N–H and O–H groups in total. The van der Waals surface area contributed by atoms with Crippen LogP contribution in [0.2, 0.25) is 0 Å². The van der Waals surface area contributed by atoms with Crippen molar-refractivity contribution in [1.29, 1.82) is 0 Å². The van der Waals surface area contributed by atoms with Crippen molar-refractivity contribution >= 4 is 0 Å². The molecule has 0 spiro atoms. The zero-order valence-electron chi connectivity index (χ0n) is 14.9. The maximum atomic E-state index is 3.29. The standard InChI is InChI=1S/C22H28/c1-21(2,3)17-15-20(16-18-22(4,5)6)14-10-13-19-11-8-7-9-12-19/h7-9,11-12,14H,10,13H2,1-6H3. The Kier molecular flexibility index (Phi) is 6.52. The van der Waals surface area contributed by atoms with E-state index >= 15 is 0 Å². The Labute approximate surface area is 137 Å². The van der Waals surface area contributed by atoms with Gasteiger partial charge in [0.05, 0.1) is 5.57 Å². The molecule has 1 aromatic carbocycles. The fourth-order valence-corrected chi connectivity index (χ4v) is 1.67. The highest BCUT2D eigenvalue weighted by atomic mass is 14.1. The van der Waals surface area contributed by atoms with Crippen molar-refractivity contribution < 1.29 is 0 Å². The van der Waals surface area contributed by atoms with Crippen LogP contribution in [0.4, 0.5) is 0 Å². The van der Waals surface area contributed by atoms with Crippen LogP contribution >= 0.6 is 0 Å². The lowest BCUT2D eigenvalue weighted by molar-refractivity contribution is 0.570. The Hall–Kier alpha value is -1.92. The smallest absolute Gasteiger partial charge is 0.0704 e. The lowest BCUT2D eigenvalue weighted by Crippen LogP contribution is -2.00. The number of hydrogen-bond acceptors (Lipinski definition) is 0. The van der Waals surface area contributed by atoms with Crippen molar-refractivity contribution in [2.45, 2.75) is 54.4 Å². The van der Waals surface area contributed by atoms with Gasteiger partial charge in [0.2, 0.25) is 0 Å². The van der Waals surface area contributed by atoms with Crippen molar-refractivity contribution in [2.75, 3.05) is 0 Å². The van der Waals surface area contributed by atoms with Gasteiger partial charge in [-0.05, 0) is 59.9 Å². The Bertz CT molecular complexity index is 574. The van der Waals surface area contributed by atoms with Gasteiger partial charge in [-0.25, -0.2) is 0 Å². The highest BCUT2D eigenvalue weighted by Crippen LogP contribution is 2.13. The highest BCUT2D eigenvalue weighted by molar-refractivity contribution is 5.45.